The highest BCUT2D eigenvalue weighted by molar-refractivity contribution is 5.03. The standard InChI is InChI=1S/C13H25N3O2/c1-6-10(14-5)11-15-12(16-18-11)13(7-2,8-3)17-9-4/h10,14H,6-9H2,1-5H3. The lowest BCUT2D eigenvalue weighted by molar-refractivity contribution is -0.0583. The van der Waals surface area contributed by atoms with E-state index >= 15 is 0 Å². The highest BCUT2D eigenvalue weighted by Crippen LogP contribution is 2.31. The van der Waals surface area contributed by atoms with Crippen molar-refractivity contribution in [1.29, 1.82) is 0 Å². The molecule has 1 atom stereocenters. The van der Waals surface area contributed by atoms with Crippen molar-refractivity contribution in [2.75, 3.05) is 13.7 Å². The van der Waals surface area contributed by atoms with E-state index in [1.807, 2.05) is 14.0 Å². The van der Waals surface area contributed by atoms with E-state index in [2.05, 4.69) is 36.2 Å². The van der Waals surface area contributed by atoms with Gasteiger partial charge in [-0.3, -0.25) is 0 Å². The molecule has 1 aromatic heterocycles. The maximum absolute atomic E-state index is 5.87. The molecule has 0 aliphatic heterocycles. The average Bonchev–Trinajstić information content (AvgIpc) is 2.88. The Morgan fingerprint density at radius 1 is 1.28 bits per heavy atom. The molecule has 0 aliphatic rings. The molecule has 0 aliphatic carbocycles. The van der Waals surface area contributed by atoms with E-state index in [1.54, 1.807) is 0 Å². The lowest BCUT2D eigenvalue weighted by Crippen LogP contribution is -2.30. The molecule has 1 heterocycles. The van der Waals surface area contributed by atoms with Gasteiger partial charge < -0.3 is 14.6 Å². The molecule has 1 unspecified atom stereocenters. The summed E-state index contributed by atoms with van der Waals surface area (Å²) >= 11 is 0. The van der Waals surface area contributed by atoms with Gasteiger partial charge >= 0.3 is 0 Å². The highest BCUT2D eigenvalue weighted by Gasteiger charge is 2.35. The minimum atomic E-state index is -0.414. The molecule has 0 bridgehead atoms. The molecule has 0 saturated carbocycles. The third-order valence-electron chi connectivity index (χ3n) is 3.47. The van der Waals surface area contributed by atoms with Crippen LogP contribution in [0.3, 0.4) is 0 Å². The monoisotopic (exact) mass is 255 g/mol. The number of aromatic nitrogens is 2. The lowest BCUT2D eigenvalue weighted by Gasteiger charge is -2.27. The van der Waals surface area contributed by atoms with E-state index in [1.165, 1.54) is 0 Å². The summed E-state index contributed by atoms with van der Waals surface area (Å²) in [7, 11) is 1.90. The topological polar surface area (TPSA) is 60.2 Å². The lowest BCUT2D eigenvalue weighted by atomic mass is 9.96. The summed E-state index contributed by atoms with van der Waals surface area (Å²) in [6.07, 6.45) is 2.59. The van der Waals surface area contributed by atoms with Crippen molar-refractivity contribution in [3.8, 4) is 0 Å². The minimum absolute atomic E-state index is 0.110. The number of hydrogen-bond donors (Lipinski definition) is 1. The first-order valence-electron chi connectivity index (χ1n) is 6.82. The van der Waals surface area contributed by atoms with Crippen molar-refractivity contribution in [2.45, 2.75) is 58.6 Å². The molecule has 1 rings (SSSR count). The molecular formula is C13H25N3O2. The van der Waals surface area contributed by atoms with Crippen molar-refractivity contribution in [3.63, 3.8) is 0 Å². The molecule has 0 spiro atoms. The predicted molar refractivity (Wildman–Crippen MR) is 70.3 cm³/mol. The zero-order valence-corrected chi connectivity index (χ0v) is 12.1. The van der Waals surface area contributed by atoms with Crippen LogP contribution in [0, 0.1) is 0 Å². The first kappa shape index (κ1) is 15.1. The number of hydrogen-bond acceptors (Lipinski definition) is 5. The summed E-state index contributed by atoms with van der Waals surface area (Å²) in [6, 6.07) is 0.110. The first-order valence-corrected chi connectivity index (χ1v) is 6.82. The Kier molecular flexibility index (Phi) is 5.75. The van der Waals surface area contributed by atoms with Crippen LogP contribution in [0.2, 0.25) is 0 Å². The van der Waals surface area contributed by atoms with Crippen LogP contribution < -0.4 is 5.32 Å². The molecule has 0 radical (unpaired) electrons. The number of rotatable bonds is 8. The smallest absolute Gasteiger partial charge is 0.243 e. The van der Waals surface area contributed by atoms with Gasteiger partial charge in [-0.25, -0.2) is 0 Å². The van der Waals surface area contributed by atoms with E-state index in [0.29, 0.717) is 18.3 Å². The molecule has 18 heavy (non-hydrogen) atoms. The maximum atomic E-state index is 5.87. The third-order valence-corrected chi connectivity index (χ3v) is 3.47. The summed E-state index contributed by atoms with van der Waals surface area (Å²) in [4.78, 5) is 4.52. The zero-order valence-electron chi connectivity index (χ0n) is 12.1. The summed E-state index contributed by atoms with van der Waals surface area (Å²) < 4.78 is 11.2. The molecule has 0 saturated heterocycles. The Morgan fingerprint density at radius 3 is 2.39 bits per heavy atom. The Balaban J connectivity index is 3.00. The maximum Gasteiger partial charge on any atom is 0.243 e. The number of nitrogens with one attached hydrogen (secondary N) is 1. The fourth-order valence-electron chi connectivity index (χ4n) is 2.18. The third kappa shape index (κ3) is 2.90. The minimum Gasteiger partial charge on any atom is -0.367 e. The van der Waals surface area contributed by atoms with Gasteiger partial charge in [-0.05, 0) is 33.2 Å². The predicted octanol–water partition coefficient (Wildman–Crippen LogP) is 2.79. The fourth-order valence-corrected chi connectivity index (χ4v) is 2.18. The van der Waals surface area contributed by atoms with Crippen LogP contribution in [0.15, 0.2) is 4.52 Å². The quantitative estimate of drug-likeness (QED) is 0.774. The van der Waals surface area contributed by atoms with Gasteiger partial charge in [0, 0.05) is 6.61 Å². The molecule has 1 N–H and O–H groups in total. The number of ether oxygens (including phenoxy) is 1. The van der Waals surface area contributed by atoms with Crippen LogP contribution in [-0.2, 0) is 10.3 Å². The molecular weight excluding hydrogens is 230 g/mol. The molecule has 104 valence electrons. The van der Waals surface area contributed by atoms with Gasteiger partial charge in [-0.1, -0.05) is 25.9 Å². The Bertz CT molecular complexity index is 344. The normalized spacial score (nSPS) is 13.8. The fraction of sp³-hybridized carbons (Fsp3) is 0.846. The Morgan fingerprint density at radius 2 is 1.94 bits per heavy atom. The summed E-state index contributed by atoms with van der Waals surface area (Å²) in [5.41, 5.74) is -0.414. The average molecular weight is 255 g/mol. The van der Waals surface area contributed by atoms with Gasteiger partial charge in [0.25, 0.3) is 0 Å². The second-order valence-corrected chi connectivity index (χ2v) is 4.34. The second kappa shape index (κ2) is 6.85. The SMILES string of the molecule is CCOC(CC)(CC)c1noc(C(CC)NC)n1. The molecule has 5 nitrogen and oxygen atoms in total. The van der Waals surface area contributed by atoms with Gasteiger partial charge in [0.05, 0.1) is 6.04 Å². The van der Waals surface area contributed by atoms with E-state index in [4.69, 9.17) is 9.26 Å². The molecule has 5 heteroatoms. The first-order chi connectivity index (χ1) is 8.67. The van der Waals surface area contributed by atoms with Crippen molar-refractivity contribution in [2.24, 2.45) is 0 Å². The summed E-state index contributed by atoms with van der Waals surface area (Å²) in [5, 5.41) is 7.28. The van der Waals surface area contributed by atoms with Crippen molar-refractivity contribution in [3.05, 3.63) is 11.7 Å². The molecule has 0 amide bonds. The molecule has 1 aromatic rings. The van der Waals surface area contributed by atoms with Crippen LogP contribution in [0.1, 0.15) is 64.7 Å². The Labute approximate surface area is 109 Å². The Hall–Kier alpha value is -0.940. The van der Waals surface area contributed by atoms with Gasteiger partial charge in [-0.2, -0.15) is 4.98 Å². The zero-order chi connectivity index (χ0) is 13.6. The van der Waals surface area contributed by atoms with E-state index in [9.17, 15) is 0 Å². The van der Waals surface area contributed by atoms with E-state index in [-0.39, 0.29) is 6.04 Å². The molecule has 0 fully saturated rings. The summed E-state index contributed by atoms with van der Waals surface area (Å²) in [5.74, 6) is 1.30. The van der Waals surface area contributed by atoms with Gasteiger partial charge in [-0.15, -0.1) is 0 Å². The van der Waals surface area contributed by atoms with Crippen LogP contribution in [0.4, 0.5) is 0 Å². The van der Waals surface area contributed by atoms with Crippen LogP contribution in [0.5, 0.6) is 0 Å². The van der Waals surface area contributed by atoms with Crippen molar-refractivity contribution < 1.29 is 9.26 Å². The van der Waals surface area contributed by atoms with E-state index in [0.717, 1.165) is 19.3 Å². The summed E-state index contributed by atoms with van der Waals surface area (Å²) in [6.45, 7) is 8.90. The van der Waals surface area contributed by atoms with Gasteiger partial charge in [0.15, 0.2) is 0 Å². The van der Waals surface area contributed by atoms with Gasteiger partial charge in [0.2, 0.25) is 11.7 Å². The van der Waals surface area contributed by atoms with Crippen LogP contribution in [0.25, 0.3) is 0 Å². The largest absolute Gasteiger partial charge is 0.367 e. The number of nitrogens with zero attached hydrogens (tertiary/aromatic N) is 2. The van der Waals surface area contributed by atoms with E-state index < -0.39 is 5.60 Å². The van der Waals surface area contributed by atoms with Crippen LogP contribution in [-0.4, -0.2) is 23.8 Å². The molecule has 0 aromatic carbocycles. The highest BCUT2D eigenvalue weighted by atomic mass is 16.5. The van der Waals surface area contributed by atoms with Crippen molar-refractivity contribution in [1.82, 2.24) is 15.5 Å². The second-order valence-electron chi connectivity index (χ2n) is 4.34. The van der Waals surface area contributed by atoms with Gasteiger partial charge in [0.1, 0.15) is 5.60 Å². The van der Waals surface area contributed by atoms with Crippen LogP contribution >= 0.6 is 0 Å². The van der Waals surface area contributed by atoms with Crippen molar-refractivity contribution >= 4 is 0 Å².